The van der Waals surface area contributed by atoms with Gasteiger partial charge in [0.1, 0.15) is 0 Å². The van der Waals surface area contributed by atoms with Crippen LogP contribution < -0.4 is 5.73 Å². The summed E-state index contributed by atoms with van der Waals surface area (Å²) in [7, 11) is 2.22. The Labute approximate surface area is 112 Å². The Bertz CT molecular complexity index is 261. The molecule has 18 heavy (non-hydrogen) atoms. The number of nitrogens with zero attached hydrogens (tertiary/aromatic N) is 3. The first-order chi connectivity index (χ1) is 8.61. The van der Waals surface area contributed by atoms with Gasteiger partial charge in [0.05, 0.1) is 0 Å². The number of likely N-dealkylation sites (tertiary alicyclic amines) is 1. The van der Waals surface area contributed by atoms with E-state index in [1.807, 2.05) is 0 Å². The van der Waals surface area contributed by atoms with E-state index in [2.05, 4.69) is 35.6 Å². The first kappa shape index (κ1) is 14.3. The molecule has 0 aliphatic carbocycles. The highest BCUT2D eigenvalue weighted by Gasteiger charge is 2.41. The molecule has 2 fully saturated rings. The van der Waals surface area contributed by atoms with Gasteiger partial charge in [-0.25, -0.2) is 0 Å². The molecule has 1 unspecified atom stereocenters. The standard InChI is InChI=1S/C14H30N4/c1-4-17-7-5-14(12-15,6-8-17)18-10-9-16(3)11-13(18)2/h13H,4-12,15H2,1-3H3. The van der Waals surface area contributed by atoms with Gasteiger partial charge in [-0.1, -0.05) is 6.92 Å². The summed E-state index contributed by atoms with van der Waals surface area (Å²) in [6.45, 7) is 12.6. The molecule has 0 aromatic carbocycles. The van der Waals surface area contributed by atoms with Crippen molar-refractivity contribution in [2.75, 3.05) is 52.9 Å². The van der Waals surface area contributed by atoms with Crippen molar-refractivity contribution in [3.05, 3.63) is 0 Å². The van der Waals surface area contributed by atoms with E-state index in [1.54, 1.807) is 0 Å². The molecule has 4 nitrogen and oxygen atoms in total. The lowest BCUT2D eigenvalue weighted by molar-refractivity contribution is -0.0311. The highest BCUT2D eigenvalue weighted by atomic mass is 15.3. The zero-order valence-electron chi connectivity index (χ0n) is 12.4. The first-order valence-electron chi connectivity index (χ1n) is 7.49. The van der Waals surface area contributed by atoms with Gasteiger partial charge in [-0.2, -0.15) is 0 Å². The topological polar surface area (TPSA) is 35.7 Å². The molecular weight excluding hydrogens is 224 g/mol. The average molecular weight is 254 g/mol. The van der Waals surface area contributed by atoms with Gasteiger partial charge in [0.2, 0.25) is 0 Å². The molecule has 106 valence electrons. The monoisotopic (exact) mass is 254 g/mol. The lowest BCUT2D eigenvalue weighted by Gasteiger charge is -2.53. The smallest absolute Gasteiger partial charge is 0.0359 e. The van der Waals surface area contributed by atoms with Gasteiger partial charge in [0.15, 0.2) is 0 Å². The van der Waals surface area contributed by atoms with Crippen molar-refractivity contribution >= 4 is 0 Å². The molecule has 0 amide bonds. The van der Waals surface area contributed by atoms with Gasteiger partial charge < -0.3 is 15.5 Å². The Balaban J connectivity index is 2.04. The molecule has 0 saturated carbocycles. The van der Waals surface area contributed by atoms with Gasteiger partial charge in [0, 0.05) is 37.8 Å². The molecule has 2 N–H and O–H groups in total. The molecule has 2 heterocycles. The highest BCUT2D eigenvalue weighted by Crippen LogP contribution is 2.31. The lowest BCUT2D eigenvalue weighted by Crippen LogP contribution is -2.66. The maximum absolute atomic E-state index is 6.18. The van der Waals surface area contributed by atoms with E-state index in [4.69, 9.17) is 5.73 Å². The molecule has 2 rings (SSSR count). The second kappa shape index (κ2) is 5.87. The Kier molecular flexibility index (Phi) is 4.64. The summed E-state index contributed by atoms with van der Waals surface area (Å²) in [5, 5.41) is 0. The number of nitrogens with two attached hydrogens (primary N) is 1. The lowest BCUT2D eigenvalue weighted by atomic mass is 9.84. The minimum Gasteiger partial charge on any atom is -0.329 e. The molecule has 0 radical (unpaired) electrons. The number of piperazine rings is 1. The van der Waals surface area contributed by atoms with E-state index >= 15 is 0 Å². The maximum atomic E-state index is 6.18. The summed E-state index contributed by atoms with van der Waals surface area (Å²) in [6.07, 6.45) is 2.48. The zero-order valence-corrected chi connectivity index (χ0v) is 12.4. The summed E-state index contributed by atoms with van der Waals surface area (Å²) in [5.41, 5.74) is 6.45. The van der Waals surface area contributed by atoms with Crippen LogP contribution in [-0.2, 0) is 0 Å². The van der Waals surface area contributed by atoms with Crippen molar-refractivity contribution in [1.82, 2.24) is 14.7 Å². The second-order valence-electron chi connectivity index (χ2n) is 6.17. The number of hydrogen-bond acceptors (Lipinski definition) is 4. The van der Waals surface area contributed by atoms with Crippen LogP contribution in [0.25, 0.3) is 0 Å². The Morgan fingerprint density at radius 3 is 2.33 bits per heavy atom. The van der Waals surface area contributed by atoms with E-state index in [-0.39, 0.29) is 5.54 Å². The van der Waals surface area contributed by atoms with Crippen LogP contribution in [0, 0.1) is 0 Å². The van der Waals surface area contributed by atoms with E-state index in [1.165, 1.54) is 52.1 Å². The minimum absolute atomic E-state index is 0.270. The van der Waals surface area contributed by atoms with E-state index in [0.717, 1.165) is 6.54 Å². The highest BCUT2D eigenvalue weighted by molar-refractivity contribution is 4.99. The zero-order chi connectivity index (χ0) is 13.2. The predicted octanol–water partition coefficient (Wildman–Crippen LogP) is 0.436. The SMILES string of the molecule is CCN1CCC(CN)(N2CCN(C)CC2C)CC1. The largest absolute Gasteiger partial charge is 0.329 e. The quantitative estimate of drug-likeness (QED) is 0.792. The van der Waals surface area contributed by atoms with E-state index < -0.39 is 0 Å². The van der Waals surface area contributed by atoms with Crippen molar-refractivity contribution in [2.45, 2.75) is 38.3 Å². The molecule has 2 saturated heterocycles. The molecule has 1 atom stereocenters. The van der Waals surface area contributed by atoms with Crippen LogP contribution in [0.3, 0.4) is 0 Å². The average Bonchev–Trinajstić information content (AvgIpc) is 2.39. The predicted molar refractivity (Wildman–Crippen MR) is 76.8 cm³/mol. The van der Waals surface area contributed by atoms with Crippen LogP contribution in [0.1, 0.15) is 26.7 Å². The molecule has 0 aromatic heterocycles. The van der Waals surface area contributed by atoms with Crippen molar-refractivity contribution in [3.8, 4) is 0 Å². The van der Waals surface area contributed by atoms with Crippen molar-refractivity contribution < 1.29 is 0 Å². The summed E-state index contributed by atoms with van der Waals surface area (Å²) in [5.74, 6) is 0. The molecule has 0 aromatic rings. The van der Waals surface area contributed by atoms with Gasteiger partial charge in [-0.05, 0) is 46.4 Å². The molecule has 2 aliphatic rings. The number of likely N-dealkylation sites (N-methyl/N-ethyl adjacent to an activating group) is 1. The van der Waals surface area contributed by atoms with Crippen molar-refractivity contribution in [1.29, 1.82) is 0 Å². The Morgan fingerprint density at radius 2 is 1.83 bits per heavy atom. The fraction of sp³-hybridized carbons (Fsp3) is 1.00. The third-order valence-electron chi connectivity index (χ3n) is 5.05. The van der Waals surface area contributed by atoms with Gasteiger partial charge in [0.25, 0.3) is 0 Å². The maximum Gasteiger partial charge on any atom is 0.0359 e. The molecule has 0 bridgehead atoms. The van der Waals surface area contributed by atoms with Crippen molar-refractivity contribution in [2.24, 2.45) is 5.73 Å². The summed E-state index contributed by atoms with van der Waals surface area (Å²) < 4.78 is 0. The Hall–Kier alpha value is -0.160. The molecule has 2 aliphatic heterocycles. The second-order valence-corrected chi connectivity index (χ2v) is 6.17. The molecular formula is C14H30N4. The number of rotatable bonds is 3. The van der Waals surface area contributed by atoms with Crippen LogP contribution in [-0.4, -0.2) is 79.1 Å². The fourth-order valence-electron chi connectivity index (χ4n) is 3.74. The summed E-state index contributed by atoms with van der Waals surface area (Å²) >= 11 is 0. The van der Waals surface area contributed by atoms with Crippen LogP contribution >= 0.6 is 0 Å². The number of hydrogen-bond donors (Lipinski definition) is 1. The minimum atomic E-state index is 0.270. The van der Waals surface area contributed by atoms with Crippen LogP contribution in [0.15, 0.2) is 0 Å². The summed E-state index contributed by atoms with van der Waals surface area (Å²) in [4.78, 5) is 7.70. The van der Waals surface area contributed by atoms with E-state index in [0.29, 0.717) is 6.04 Å². The number of piperidine rings is 1. The third-order valence-corrected chi connectivity index (χ3v) is 5.05. The third kappa shape index (κ3) is 2.72. The van der Waals surface area contributed by atoms with Crippen molar-refractivity contribution in [3.63, 3.8) is 0 Å². The van der Waals surface area contributed by atoms with Gasteiger partial charge in [-0.3, -0.25) is 4.90 Å². The normalized spacial score (nSPS) is 31.7. The van der Waals surface area contributed by atoms with Gasteiger partial charge in [-0.15, -0.1) is 0 Å². The first-order valence-corrected chi connectivity index (χ1v) is 7.49. The molecule has 0 spiro atoms. The van der Waals surface area contributed by atoms with E-state index in [9.17, 15) is 0 Å². The van der Waals surface area contributed by atoms with Crippen LogP contribution in [0.2, 0.25) is 0 Å². The Morgan fingerprint density at radius 1 is 1.17 bits per heavy atom. The molecule has 4 heteroatoms. The fourth-order valence-corrected chi connectivity index (χ4v) is 3.74. The van der Waals surface area contributed by atoms with Crippen LogP contribution in [0.5, 0.6) is 0 Å². The van der Waals surface area contributed by atoms with Crippen LogP contribution in [0.4, 0.5) is 0 Å². The van der Waals surface area contributed by atoms with Gasteiger partial charge >= 0.3 is 0 Å². The summed E-state index contributed by atoms with van der Waals surface area (Å²) in [6, 6.07) is 0.639.